The molecule has 4 heteroatoms. The van der Waals surface area contributed by atoms with Gasteiger partial charge >= 0.3 is 0 Å². The van der Waals surface area contributed by atoms with Crippen molar-refractivity contribution in [1.29, 1.82) is 0 Å². The number of pyridine rings is 1. The Hall–Kier alpha value is -2.36. The lowest BCUT2D eigenvalue weighted by molar-refractivity contribution is -0.119. The third-order valence-corrected chi connectivity index (χ3v) is 3.22. The van der Waals surface area contributed by atoms with Crippen LogP contribution < -0.4 is 10.1 Å². The maximum atomic E-state index is 11.0. The monoisotopic (exact) mass is 284 g/mol. The van der Waals surface area contributed by atoms with Gasteiger partial charge in [-0.25, -0.2) is 4.98 Å². The Morgan fingerprint density at radius 2 is 1.95 bits per heavy atom. The number of ether oxygens (including phenoxy) is 1. The normalized spacial score (nSPS) is 11.8. The Morgan fingerprint density at radius 1 is 1.24 bits per heavy atom. The maximum absolute atomic E-state index is 11.0. The minimum Gasteiger partial charge on any atom is -0.481 e. The number of aromatic nitrogens is 1. The first-order valence-electron chi connectivity index (χ1n) is 6.95. The molecule has 0 saturated heterocycles. The molecule has 0 saturated carbocycles. The van der Waals surface area contributed by atoms with E-state index >= 15 is 0 Å². The van der Waals surface area contributed by atoms with Crippen molar-refractivity contribution in [2.75, 3.05) is 7.11 Å². The molecule has 1 atom stereocenters. The highest BCUT2D eigenvalue weighted by Gasteiger charge is 2.05. The fourth-order valence-corrected chi connectivity index (χ4v) is 2.29. The van der Waals surface area contributed by atoms with Crippen LogP contribution in [0.2, 0.25) is 0 Å². The lowest BCUT2D eigenvalue weighted by Gasteiger charge is -2.12. The molecule has 4 nitrogen and oxygen atoms in total. The van der Waals surface area contributed by atoms with Gasteiger partial charge in [-0.3, -0.25) is 4.79 Å². The fraction of sp³-hybridized carbons (Fsp3) is 0.294. The number of hydrogen-bond donors (Lipinski definition) is 1. The number of methoxy groups -OCH3 is 1. The lowest BCUT2D eigenvalue weighted by Crippen LogP contribution is -2.31. The van der Waals surface area contributed by atoms with Crippen molar-refractivity contribution in [3.63, 3.8) is 0 Å². The number of carbonyl (C=O) groups is 1. The molecule has 1 amide bonds. The molecule has 21 heavy (non-hydrogen) atoms. The van der Waals surface area contributed by atoms with E-state index in [9.17, 15) is 4.79 Å². The summed E-state index contributed by atoms with van der Waals surface area (Å²) in [5, 5.41) is 2.89. The van der Waals surface area contributed by atoms with Gasteiger partial charge < -0.3 is 10.1 Å². The van der Waals surface area contributed by atoms with Gasteiger partial charge in [-0.2, -0.15) is 0 Å². The van der Waals surface area contributed by atoms with E-state index in [0.717, 1.165) is 17.5 Å². The topological polar surface area (TPSA) is 51.2 Å². The molecule has 1 aromatic carbocycles. The number of hydrogen-bond acceptors (Lipinski definition) is 3. The van der Waals surface area contributed by atoms with E-state index in [4.69, 9.17) is 4.74 Å². The van der Waals surface area contributed by atoms with Gasteiger partial charge in [0.2, 0.25) is 11.8 Å². The Balaban J connectivity index is 2.09. The van der Waals surface area contributed by atoms with Crippen LogP contribution in [0.3, 0.4) is 0 Å². The first-order valence-corrected chi connectivity index (χ1v) is 6.95. The molecule has 2 rings (SSSR count). The van der Waals surface area contributed by atoms with E-state index in [1.54, 1.807) is 13.3 Å². The molecule has 1 aromatic heterocycles. The number of carbonyl (C=O) groups excluding carboxylic acids is 1. The molecular weight excluding hydrogens is 264 g/mol. The molecule has 0 aliphatic rings. The van der Waals surface area contributed by atoms with Gasteiger partial charge in [0.15, 0.2) is 0 Å². The number of amides is 1. The maximum Gasteiger partial charge on any atom is 0.217 e. The highest BCUT2D eigenvalue weighted by Crippen LogP contribution is 2.22. The summed E-state index contributed by atoms with van der Waals surface area (Å²) >= 11 is 0. The van der Waals surface area contributed by atoms with Crippen molar-refractivity contribution in [2.45, 2.75) is 26.3 Å². The molecule has 110 valence electrons. The number of benzene rings is 1. The third kappa shape index (κ3) is 4.31. The van der Waals surface area contributed by atoms with Crippen LogP contribution in [-0.4, -0.2) is 24.0 Å². The van der Waals surface area contributed by atoms with E-state index in [-0.39, 0.29) is 11.9 Å². The molecule has 0 aliphatic carbocycles. The van der Waals surface area contributed by atoms with E-state index in [2.05, 4.69) is 34.6 Å². The molecule has 2 aromatic rings. The Kier molecular flexibility index (Phi) is 4.93. The Labute approximate surface area is 125 Å². The largest absolute Gasteiger partial charge is 0.481 e. The zero-order valence-electron chi connectivity index (χ0n) is 12.6. The first kappa shape index (κ1) is 15.0. The lowest BCUT2D eigenvalue weighted by atomic mass is 10.0. The van der Waals surface area contributed by atoms with Gasteiger partial charge in [0.25, 0.3) is 0 Å². The van der Waals surface area contributed by atoms with Crippen molar-refractivity contribution >= 4 is 5.91 Å². The fourth-order valence-electron chi connectivity index (χ4n) is 2.29. The summed E-state index contributed by atoms with van der Waals surface area (Å²) in [6, 6.07) is 12.3. The highest BCUT2D eigenvalue weighted by molar-refractivity contribution is 5.73. The van der Waals surface area contributed by atoms with Crippen LogP contribution in [0.5, 0.6) is 5.88 Å². The van der Waals surface area contributed by atoms with Crippen molar-refractivity contribution in [1.82, 2.24) is 10.3 Å². The van der Waals surface area contributed by atoms with Crippen molar-refractivity contribution in [3.8, 4) is 17.0 Å². The zero-order valence-corrected chi connectivity index (χ0v) is 12.6. The average molecular weight is 284 g/mol. The molecule has 0 fully saturated rings. The number of nitrogens with zero attached hydrogens (tertiary/aromatic N) is 1. The Morgan fingerprint density at radius 3 is 2.57 bits per heavy atom. The number of rotatable bonds is 5. The molecule has 0 bridgehead atoms. The Bertz CT molecular complexity index is 608. The molecule has 1 heterocycles. The van der Waals surface area contributed by atoms with Gasteiger partial charge in [0.1, 0.15) is 0 Å². The van der Waals surface area contributed by atoms with Gasteiger partial charge in [-0.15, -0.1) is 0 Å². The second-order valence-electron chi connectivity index (χ2n) is 5.09. The standard InChI is InChI=1S/C17H20N2O2/c1-12(19-13(2)20)10-14-4-6-15(7-5-14)16-8-9-18-17(11-16)21-3/h4-9,11-12H,10H2,1-3H3,(H,19,20). The summed E-state index contributed by atoms with van der Waals surface area (Å²) in [7, 11) is 1.61. The van der Waals surface area contributed by atoms with Crippen LogP contribution in [0.1, 0.15) is 19.4 Å². The molecule has 1 N–H and O–H groups in total. The van der Waals surface area contributed by atoms with Crippen LogP contribution in [0.15, 0.2) is 42.6 Å². The van der Waals surface area contributed by atoms with E-state index < -0.39 is 0 Å². The molecule has 0 radical (unpaired) electrons. The predicted octanol–water partition coefficient (Wildman–Crippen LogP) is 2.82. The van der Waals surface area contributed by atoms with Gasteiger partial charge in [-0.1, -0.05) is 24.3 Å². The smallest absolute Gasteiger partial charge is 0.217 e. The quantitative estimate of drug-likeness (QED) is 0.918. The molecule has 1 unspecified atom stereocenters. The summed E-state index contributed by atoms with van der Waals surface area (Å²) in [5.41, 5.74) is 3.39. The molecule has 0 spiro atoms. The van der Waals surface area contributed by atoms with E-state index in [1.165, 1.54) is 12.5 Å². The van der Waals surface area contributed by atoms with Crippen LogP contribution in [0, 0.1) is 0 Å². The van der Waals surface area contributed by atoms with Gasteiger partial charge in [0, 0.05) is 25.2 Å². The summed E-state index contributed by atoms with van der Waals surface area (Å²) in [6.45, 7) is 3.54. The van der Waals surface area contributed by atoms with Crippen LogP contribution >= 0.6 is 0 Å². The van der Waals surface area contributed by atoms with Crippen molar-refractivity contribution in [2.24, 2.45) is 0 Å². The minimum absolute atomic E-state index is 0.00278. The van der Waals surface area contributed by atoms with Crippen LogP contribution in [0.4, 0.5) is 0 Å². The average Bonchev–Trinajstić information content (AvgIpc) is 2.47. The summed E-state index contributed by atoms with van der Waals surface area (Å²) < 4.78 is 5.14. The SMILES string of the molecule is COc1cc(-c2ccc(CC(C)NC(C)=O)cc2)ccn1. The van der Waals surface area contributed by atoms with Crippen molar-refractivity contribution in [3.05, 3.63) is 48.2 Å². The highest BCUT2D eigenvalue weighted by atomic mass is 16.5. The summed E-state index contributed by atoms with van der Waals surface area (Å²) in [6.07, 6.45) is 2.56. The first-order chi connectivity index (χ1) is 10.1. The van der Waals surface area contributed by atoms with Gasteiger partial charge in [-0.05, 0) is 36.1 Å². The van der Waals surface area contributed by atoms with E-state index in [0.29, 0.717) is 5.88 Å². The third-order valence-electron chi connectivity index (χ3n) is 3.22. The molecular formula is C17H20N2O2. The van der Waals surface area contributed by atoms with Crippen molar-refractivity contribution < 1.29 is 9.53 Å². The van der Waals surface area contributed by atoms with E-state index in [1.807, 2.05) is 19.1 Å². The predicted molar refractivity (Wildman–Crippen MR) is 83.2 cm³/mol. The van der Waals surface area contributed by atoms with Gasteiger partial charge in [0.05, 0.1) is 7.11 Å². The summed E-state index contributed by atoms with van der Waals surface area (Å²) in [5.74, 6) is 0.610. The minimum atomic E-state index is 0.00278. The second-order valence-corrected chi connectivity index (χ2v) is 5.09. The second kappa shape index (κ2) is 6.88. The van der Waals surface area contributed by atoms with Crippen LogP contribution in [0.25, 0.3) is 11.1 Å². The zero-order chi connectivity index (χ0) is 15.2. The van der Waals surface area contributed by atoms with Crippen LogP contribution in [-0.2, 0) is 11.2 Å². The molecule has 0 aliphatic heterocycles. The summed E-state index contributed by atoms with van der Waals surface area (Å²) in [4.78, 5) is 15.1. The number of nitrogens with one attached hydrogen (secondary N) is 1.